The van der Waals surface area contributed by atoms with Gasteiger partial charge in [0.05, 0.1) is 19.2 Å². The van der Waals surface area contributed by atoms with E-state index in [4.69, 9.17) is 20.9 Å². The van der Waals surface area contributed by atoms with Gasteiger partial charge in [0.2, 0.25) is 5.76 Å². The molecule has 0 unspecified atom stereocenters. The predicted molar refractivity (Wildman–Crippen MR) is 129 cm³/mol. The summed E-state index contributed by atoms with van der Waals surface area (Å²) in [7, 11) is 0. The summed E-state index contributed by atoms with van der Waals surface area (Å²) < 4.78 is 24.2. The fourth-order valence-electron chi connectivity index (χ4n) is 3.27. The molecule has 192 valence electrons. The number of hydrogen-bond acceptors (Lipinski definition) is 8. The van der Waals surface area contributed by atoms with Gasteiger partial charge >= 0.3 is 11.9 Å². The number of benzene rings is 2. The van der Waals surface area contributed by atoms with Crippen molar-refractivity contribution in [3.63, 3.8) is 0 Å². The summed E-state index contributed by atoms with van der Waals surface area (Å²) in [6.45, 7) is 4.85. The number of aromatic nitrogens is 1. The first-order valence-corrected chi connectivity index (χ1v) is 11.5. The molecular weight excluding hydrogens is 493 g/mol. The zero-order valence-electron chi connectivity index (χ0n) is 20.0. The minimum atomic E-state index is -1.96. The third kappa shape index (κ3) is 7.27. The van der Waals surface area contributed by atoms with Crippen molar-refractivity contribution in [1.82, 2.24) is 15.6 Å². The Balaban J connectivity index is 1.80. The molecule has 3 rings (SSSR count). The fourth-order valence-corrected chi connectivity index (χ4v) is 3.44. The Kier molecular flexibility index (Phi) is 8.67. The van der Waals surface area contributed by atoms with Crippen LogP contribution in [0.3, 0.4) is 0 Å². The summed E-state index contributed by atoms with van der Waals surface area (Å²) in [6.07, 6.45) is 0. The summed E-state index contributed by atoms with van der Waals surface area (Å²) in [5, 5.41) is 25.1. The molecule has 36 heavy (non-hydrogen) atoms. The molecule has 0 radical (unpaired) electrons. The molecule has 11 heteroatoms. The lowest BCUT2D eigenvalue weighted by molar-refractivity contribution is -0.167. The number of nitrogens with one attached hydrogen (secondary N) is 1. The molecule has 0 aliphatic rings. The second kappa shape index (κ2) is 11.5. The minimum absolute atomic E-state index is 0.0534. The van der Waals surface area contributed by atoms with Gasteiger partial charge < -0.3 is 19.5 Å². The molecule has 0 aliphatic heterocycles. The first-order chi connectivity index (χ1) is 16.9. The molecule has 1 heterocycles. The van der Waals surface area contributed by atoms with E-state index in [9.17, 15) is 24.2 Å². The molecule has 3 N–H and O–H groups in total. The van der Waals surface area contributed by atoms with E-state index >= 15 is 0 Å². The van der Waals surface area contributed by atoms with Gasteiger partial charge in [-0.2, -0.15) is 0 Å². The van der Waals surface area contributed by atoms with E-state index in [-0.39, 0.29) is 31.4 Å². The van der Waals surface area contributed by atoms with Gasteiger partial charge in [0.25, 0.3) is 5.88 Å². The van der Waals surface area contributed by atoms with Gasteiger partial charge in [0.1, 0.15) is 5.82 Å². The van der Waals surface area contributed by atoms with Crippen LogP contribution in [0.25, 0.3) is 11.1 Å². The predicted octanol–water partition coefficient (Wildman–Crippen LogP) is 3.94. The second-order valence-electron chi connectivity index (χ2n) is 8.93. The molecule has 1 amide bonds. The number of rotatable bonds is 10. The summed E-state index contributed by atoms with van der Waals surface area (Å²) in [6, 6.07) is 12.1. The van der Waals surface area contributed by atoms with Crippen LogP contribution < -0.4 is 5.43 Å². The first-order valence-electron chi connectivity index (χ1n) is 11.1. The lowest BCUT2D eigenvalue weighted by Crippen LogP contribution is -2.53. The van der Waals surface area contributed by atoms with Crippen molar-refractivity contribution >= 4 is 23.5 Å². The Labute approximate surface area is 212 Å². The van der Waals surface area contributed by atoms with E-state index in [2.05, 4.69) is 10.6 Å². The highest BCUT2D eigenvalue weighted by Crippen LogP contribution is 2.26. The van der Waals surface area contributed by atoms with Gasteiger partial charge in [0, 0.05) is 17.1 Å². The molecule has 3 aromatic rings. The van der Waals surface area contributed by atoms with Crippen LogP contribution in [-0.2, 0) is 16.1 Å². The third-order valence-electron chi connectivity index (χ3n) is 5.03. The number of amides is 1. The molecule has 9 nitrogen and oxygen atoms in total. The number of aliphatic hydroxyl groups is 1. The van der Waals surface area contributed by atoms with Crippen molar-refractivity contribution in [2.24, 2.45) is 5.92 Å². The molecule has 0 spiro atoms. The van der Waals surface area contributed by atoms with Crippen LogP contribution >= 0.6 is 11.6 Å². The molecule has 1 atom stereocenters. The Morgan fingerprint density at radius 3 is 2.53 bits per heavy atom. The van der Waals surface area contributed by atoms with E-state index in [1.165, 1.54) is 30.1 Å². The summed E-state index contributed by atoms with van der Waals surface area (Å²) in [5.74, 6) is -2.70. The van der Waals surface area contributed by atoms with Crippen molar-refractivity contribution in [3.05, 3.63) is 70.7 Å². The second-order valence-corrected chi connectivity index (χ2v) is 9.37. The molecule has 0 saturated heterocycles. The number of hydrogen-bond donors (Lipinski definition) is 3. The fraction of sp³-hybridized carbons (Fsp3) is 0.320. The summed E-state index contributed by atoms with van der Waals surface area (Å²) in [4.78, 5) is 25.0. The monoisotopic (exact) mass is 519 g/mol. The topological polar surface area (TPSA) is 125 Å². The largest absolute Gasteiger partial charge is 0.491 e. The van der Waals surface area contributed by atoms with Crippen LogP contribution in [0.2, 0.25) is 5.02 Å². The number of nitrogens with zero attached hydrogens (tertiary/aromatic N) is 2. The highest BCUT2D eigenvalue weighted by atomic mass is 35.5. The van der Waals surface area contributed by atoms with Gasteiger partial charge in [-0.05, 0) is 47.3 Å². The molecular formula is C25H27ClFN3O6. The minimum Gasteiger partial charge on any atom is -0.491 e. The quantitative estimate of drug-likeness (QED) is 0.272. The molecule has 0 bridgehead atoms. The highest BCUT2D eigenvalue weighted by Gasteiger charge is 2.35. The normalized spacial score (nSPS) is 13.0. The maximum atomic E-state index is 14.2. The van der Waals surface area contributed by atoms with Gasteiger partial charge in [-0.15, -0.1) is 0 Å². The highest BCUT2D eigenvalue weighted by molar-refractivity contribution is 6.30. The Hall–Kier alpha value is -3.47. The average molecular weight is 520 g/mol. The summed E-state index contributed by atoms with van der Waals surface area (Å²) in [5.41, 5.74) is 2.18. The average Bonchev–Trinajstić information content (AvgIpc) is 3.25. The molecule has 0 aliphatic carbocycles. The van der Waals surface area contributed by atoms with E-state index in [1.54, 1.807) is 24.3 Å². The van der Waals surface area contributed by atoms with E-state index in [1.807, 2.05) is 13.8 Å². The van der Waals surface area contributed by atoms with Crippen LogP contribution in [0.15, 0.2) is 53.1 Å². The van der Waals surface area contributed by atoms with Crippen molar-refractivity contribution in [2.75, 3.05) is 13.2 Å². The molecule has 0 saturated carbocycles. The molecule has 0 fully saturated rings. The Morgan fingerprint density at radius 1 is 1.22 bits per heavy atom. The number of ether oxygens (including phenoxy) is 1. The Bertz CT molecular complexity index is 1210. The maximum absolute atomic E-state index is 14.2. The lowest BCUT2D eigenvalue weighted by atomic mass is 10.0. The van der Waals surface area contributed by atoms with E-state index < -0.39 is 29.2 Å². The van der Waals surface area contributed by atoms with Gasteiger partial charge in [-0.1, -0.05) is 49.7 Å². The van der Waals surface area contributed by atoms with Crippen LogP contribution in [0.1, 0.15) is 36.9 Å². The smallest absolute Gasteiger partial charge is 0.339 e. The van der Waals surface area contributed by atoms with Crippen LogP contribution in [0.4, 0.5) is 4.39 Å². The Morgan fingerprint density at radius 2 is 1.92 bits per heavy atom. The maximum Gasteiger partial charge on any atom is 0.339 e. The molecule has 2 aromatic carbocycles. The van der Waals surface area contributed by atoms with Crippen LogP contribution in [0, 0.1) is 11.7 Å². The first kappa shape index (κ1) is 27.1. The van der Waals surface area contributed by atoms with Crippen molar-refractivity contribution < 1.29 is 33.5 Å². The van der Waals surface area contributed by atoms with Crippen LogP contribution in [0.5, 0.6) is 5.88 Å². The molecule has 1 aromatic heterocycles. The number of aromatic hydroxyl groups is 1. The van der Waals surface area contributed by atoms with Gasteiger partial charge in [-0.25, -0.2) is 14.2 Å². The van der Waals surface area contributed by atoms with E-state index in [0.717, 1.165) is 6.07 Å². The third-order valence-corrected chi connectivity index (χ3v) is 5.27. The lowest BCUT2D eigenvalue weighted by Gasteiger charge is -2.30. The zero-order valence-corrected chi connectivity index (χ0v) is 20.8. The van der Waals surface area contributed by atoms with Gasteiger partial charge in [-0.3, -0.25) is 10.2 Å². The van der Waals surface area contributed by atoms with Crippen molar-refractivity contribution in [3.8, 4) is 17.0 Å². The number of hydrazine groups is 1. The van der Waals surface area contributed by atoms with Crippen LogP contribution in [-0.4, -0.2) is 51.0 Å². The summed E-state index contributed by atoms with van der Waals surface area (Å²) >= 11 is 5.99. The number of carbonyl (C=O) groups is 2. The number of esters is 1. The van der Waals surface area contributed by atoms with Crippen molar-refractivity contribution in [2.45, 2.75) is 32.9 Å². The SMILES string of the molecule is CC(C)COC(=O)[C@](C)(O)CN(Cc1ccc(-c2cc(Cl)ccc2F)cc1)NC(=O)c1cc(O)no1. The standard InChI is InChI=1S/C25H27ClFN3O6/c1-15(2)13-35-24(33)25(3,34)14-30(28-23(32)21-11-22(31)29-36-21)12-16-4-6-17(7-5-16)19-10-18(26)8-9-20(19)27/h4-11,15,34H,12-14H2,1-3H3,(H,28,32)(H,29,31)/t25-/m1/s1. The van der Waals surface area contributed by atoms with Crippen molar-refractivity contribution in [1.29, 1.82) is 0 Å². The van der Waals surface area contributed by atoms with Gasteiger partial charge in [0.15, 0.2) is 5.60 Å². The van der Waals surface area contributed by atoms with E-state index in [0.29, 0.717) is 21.7 Å². The number of halogens is 2. The number of carbonyl (C=O) groups excluding carboxylic acids is 2. The zero-order chi connectivity index (χ0) is 26.5.